The largest absolute Gasteiger partial charge is 0.391 e. The minimum Gasteiger partial charge on any atom is -0.391 e. The Morgan fingerprint density at radius 2 is 1.90 bits per heavy atom. The van der Waals surface area contributed by atoms with Crippen molar-refractivity contribution in [1.82, 2.24) is 14.5 Å². The van der Waals surface area contributed by atoms with Gasteiger partial charge in [-0.15, -0.1) is 0 Å². The molecule has 2 rings (SSSR count). The first-order chi connectivity index (χ1) is 9.67. The summed E-state index contributed by atoms with van der Waals surface area (Å²) < 4.78 is 2.13. The summed E-state index contributed by atoms with van der Waals surface area (Å²) in [5, 5.41) is 10.9. The summed E-state index contributed by atoms with van der Waals surface area (Å²) in [4.78, 5) is 6.93. The molecule has 0 amide bonds. The van der Waals surface area contributed by atoms with Crippen molar-refractivity contribution in [1.29, 1.82) is 0 Å². The fraction of sp³-hybridized carbons (Fsp3) is 0.812. The molecule has 1 unspecified atom stereocenters. The van der Waals surface area contributed by atoms with Gasteiger partial charge in [-0.3, -0.25) is 4.90 Å². The standard InChI is InChI=1S/C16H29N3O/c1-4-16(5-2,19-10-7-8-11-19)14(20)13-15-17-9-12-18(15)6-3/h9,12,14,20H,4-8,10-11,13H2,1-3H3. The van der Waals surface area contributed by atoms with Gasteiger partial charge in [0.05, 0.1) is 6.10 Å². The molecular weight excluding hydrogens is 250 g/mol. The van der Waals surface area contributed by atoms with Crippen molar-refractivity contribution >= 4 is 0 Å². The van der Waals surface area contributed by atoms with E-state index in [1.54, 1.807) is 0 Å². The summed E-state index contributed by atoms with van der Waals surface area (Å²) in [6, 6.07) is 0. The van der Waals surface area contributed by atoms with Gasteiger partial charge >= 0.3 is 0 Å². The molecule has 1 saturated heterocycles. The van der Waals surface area contributed by atoms with E-state index in [1.807, 2.05) is 12.4 Å². The van der Waals surface area contributed by atoms with Gasteiger partial charge in [0.1, 0.15) is 5.82 Å². The molecule has 1 N–H and O–H groups in total. The Balaban J connectivity index is 2.16. The number of hydrogen-bond acceptors (Lipinski definition) is 3. The highest BCUT2D eigenvalue weighted by molar-refractivity contribution is 5.03. The van der Waals surface area contributed by atoms with Crippen LogP contribution in [0.3, 0.4) is 0 Å². The van der Waals surface area contributed by atoms with Crippen molar-refractivity contribution in [2.24, 2.45) is 0 Å². The maximum absolute atomic E-state index is 10.9. The van der Waals surface area contributed by atoms with E-state index < -0.39 is 0 Å². The second kappa shape index (κ2) is 6.72. The number of aryl methyl sites for hydroxylation is 1. The van der Waals surface area contributed by atoms with Gasteiger partial charge in [0.15, 0.2) is 0 Å². The molecule has 2 heterocycles. The average Bonchev–Trinajstić information content (AvgIpc) is 3.12. The zero-order valence-corrected chi connectivity index (χ0v) is 13.2. The lowest BCUT2D eigenvalue weighted by atomic mass is 9.83. The SMILES string of the molecule is CCn1ccnc1CC(O)C(CC)(CC)N1CCCC1. The number of likely N-dealkylation sites (tertiary alicyclic amines) is 1. The van der Waals surface area contributed by atoms with E-state index in [4.69, 9.17) is 0 Å². The highest BCUT2D eigenvalue weighted by Crippen LogP contribution is 2.32. The molecule has 114 valence electrons. The van der Waals surface area contributed by atoms with Crippen LogP contribution >= 0.6 is 0 Å². The Labute approximate surface area is 122 Å². The summed E-state index contributed by atoms with van der Waals surface area (Å²) in [6.07, 6.45) is 8.66. The van der Waals surface area contributed by atoms with E-state index in [9.17, 15) is 5.11 Å². The second-order valence-electron chi connectivity index (χ2n) is 5.85. The number of aromatic nitrogens is 2. The molecule has 0 radical (unpaired) electrons. The highest BCUT2D eigenvalue weighted by atomic mass is 16.3. The van der Waals surface area contributed by atoms with Gasteiger partial charge in [0, 0.05) is 30.9 Å². The molecule has 1 fully saturated rings. The average molecular weight is 279 g/mol. The Morgan fingerprint density at radius 1 is 1.25 bits per heavy atom. The third-order valence-electron chi connectivity index (χ3n) is 5.10. The summed E-state index contributed by atoms with van der Waals surface area (Å²) in [6.45, 7) is 9.69. The van der Waals surface area contributed by atoms with E-state index in [0.29, 0.717) is 6.42 Å². The number of rotatable bonds is 7. The Morgan fingerprint density at radius 3 is 2.45 bits per heavy atom. The maximum atomic E-state index is 10.9. The first kappa shape index (κ1) is 15.5. The predicted octanol–water partition coefficient (Wildman–Crippen LogP) is 2.46. The third kappa shape index (κ3) is 2.77. The van der Waals surface area contributed by atoms with E-state index in [1.165, 1.54) is 12.8 Å². The molecule has 1 aliphatic heterocycles. The lowest BCUT2D eigenvalue weighted by molar-refractivity contribution is -0.0282. The molecular formula is C16H29N3O. The van der Waals surface area contributed by atoms with Crippen LogP contribution in [-0.4, -0.2) is 44.3 Å². The van der Waals surface area contributed by atoms with Crippen LogP contribution in [0.2, 0.25) is 0 Å². The summed E-state index contributed by atoms with van der Waals surface area (Å²) >= 11 is 0. The van der Waals surface area contributed by atoms with E-state index in [-0.39, 0.29) is 11.6 Å². The molecule has 1 aliphatic rings. The molecule has 4 heteroatoms. The van der Waals surface area contributed by atoms with E-state index in [0.717, 1.165) is 38.3 Å². The Bertz CT molecular complexity index is 406. The van der Waals surface area contributed by atoms with Gasteiger partial charge in [-0.25, -0.2) is 4.98 Å². The molecule has 1 aromatic rings. The van der Waals surface area contributed by atoms with Gasteiger partial charge in [0.25, 0.3) is 0 Å². The van der Waals surface area contributed by atoms with Gasteiger partial charge in [-0.2, -0.15) is 0 Å². The van der Waals surface area contributed by atoms with Crippen molar-refractivity contribution in [3.63, 3.8) is 0 Å². The topological polar surface area (TPSA) is 41.3 Å². The monoisotopic (exact) mass is 279 g/mol. The molecule has 0 saturated carbocycles. The molecule has 4 nitrogen and oxygen atoms in total. The van der Waals surface area contributed by atoms with Crippen LogP contribution in [0.1, 0.15) is 52.3 Å². The number of imidazole rings is 1. The summed E-state index contributed by atoms with van der Waals surface area (Å²) in [5.41, 5.74) is -0.0823. The van der Waals surface area contributed by atoms with Crippen molar-refractivity contribution < 1.29 is 5.11 Å². The van der Waals surface area contributed by atoms with Crippen LogP contribution in [-0.2, 0) is 13.0 Å². The van der Waals surface area contributed by atoms with E-state index >= 15 is 0 Å². The minimum atomic E-state index is -0.344. The van der Waals surface area contributed by atoms with Crippen LogP contribution in [0.25, 0.3) is 0 Å². The van der Waals surface area contributed by atoms with Gasteiger partial charge in [0.2, 0.25) is 0 Å². The van der Waals surface area contributed by atoms with Crippen LogP contribution in [0.4, 0.5) is 0 Å². The zero-order chi connectivity index (χ0) is 14.6. The quantitative estimate of drug-likeness (QED) is 0.833. The van der Waals surface area contributed by atoms with Crippen LogP contribution in [0.5, 0.6) is 0 Å². The number of nitrogens with zero attached hydrogens (tertiary/aromatic N) is 3. The predicted molar refractivity (Wildman–Crippen MR) is 81.7 cm³/mol. The third-order valence-corrected chi connectivity index (χ3v) is 5.10. The number of aliphatic hydroxyl groups excluding tert-OH is 1. The van der Waals surface area contributed by atoms with Crippen molar-refractivity contribution in [3.8, 4) is 0 Å². The fourth-order valence-electron chi connectivity index (χ4n) is 3.72. The lowest BCUT2D eigenvalue weighted by Gasteiger charge is -2.44. The van der Waals surface area contributed by atoms with Crippen molar-refractivity contribution in [2.75, 3.05) is 13.1 Å². The van der Waals surface area contributed by atoms with E-state index in [2.05, 4.69) is 35.2 Å². The normalized spacial score (nSPS) is 18.6. The molecule has 0 aromatic carbocycles. The molecule has 0 spiro atoms. The zero-order valence-electron chi connectivity index (χ0n) is 13.2. The van der Waals surface area contributed by atoms with Crippen molar-refractivity contribution in [2.45, 2.75) is 71.1 Å². The minimum absolute atomic E-state index is 0.0823. The lowest BCUT2D eigenvalue weighted by Crippen LogP contribution is -2.56. The molecule has 0 bridgehead atoms. The van der Waals surface area contributed by atoms with Crippen molar-refractivity contribution in [3.05, 3.63) is 18.2 Å². The molecule has 0 aliphatic carbocycles. The smallest absolute Gasteiger partial charge is 0.111 e. The molecule has 20 heavy (non-hydrogen) atoms. The van der Waals surface area contributed by atoms with Gasteiger partial charge in [-0.05, 0) is 45.7 Å². The second-order valence-corrected chi connectivity index (χ2v) is 5.85. The van der Waals surface area contributed by atoms with Gasteiger partial charge in [-0.1, -0.05) is 13.8 Å². The fourth-order valence-corrected chi connectivity index (χ4v) is 3.72. The maximum Gasteiger partial charge on any atom is 0.111 e. The summed E-state index contributed by atoms with van der Waals surface area (Å²) in [7, 11) is 0. The van der Waals surface area contributed by atoms with Crippen LogP contribution in [0.15, 0.2) is 12.4 Å². The summed E-state index contributed by atoms with van der Waals surface area (Å²) in [5.74, 6) is 1.01. The first-order valence-electron chi connectivity index (χ1n) is 8.11. The van der Waals surface area contributed by atoms with Gasteiger partial charge < -0.3 is 9.67 Å². The number of hydrogen-bond donors (Lipinski definition) is 1. The molecule has 1 atom stereocenters. The highest BCUT2D eigenvalue weighted by Gasteiger charge is 2.41. The van der Waals surface area contributed by atoms with Crippen LogP contribution < -0.4 is 0 Å². The first-order valence-corrected chi connectivity index (χ1v) is 8.11. The molecule has 1 aromatic heterocycles. The van der Waals surface area contributed by atoms with Crippen LogP contribution in [0, 0.1) is 0 Å². The Kier molecular flexibility index (Phi) is 5.22. The Hall–Kier alpha value is -0.870. The number of aliphatic hydroxyl groups is 1.